The Morgan fingerprint density at radius 3 is 3.00 bits per heavy atom. The van der Waals surface area contributed by atoms with E-state index < -0.39 is 0 Å². The Kier molecular flexibility index (Phi) is 6.84. The number of carbonyl (C=O) groups is 1. The molecule has 4 nitrogen and oxygen atoms in total. The smallest absolute Gasteiger partial charge is 0.236 e. The minimum absolute atomic E-state index is 0.271. The van der Waals surface area contributed by atoms with Crippen molar-refractivity contribution in [3.05, 3.63) is 0 Å². The average Bonchev–Trinajstić information content (AvgIpc) is 2.54. The van der Waals surface area contributed by atoms with E-state index in [2.05, 4.69) is 16.5 Å². The number of carbonyl (C=O) groups excluding carboxylic acids is 1. The molecule has 0 bridgehead atoms. The lowest BCUT2D eigenvalue weighted by Crippen LogP contribution is -2.41. The summed E-state index contributed by atoms with van der Waals surface area (Å²) in [4.78, 5) is 16.1. The topological polar surface area (TPSA) is 35.6 Å². The van der Waals surface area contributed by atoms with Crippen LogP contribution in [0.1, 0.15) is 6.42 Å². The number of amides is 1. The van der Waals surface area contributed by atoms with Gasteiger partial charge in [0.25, 0.3) is 0 Å². The van der Waals surface area contributed by atoms with Crippen LogP contribution in [0, 0.1) is 0 Å². The summed E-state index contributed by atoms with van der Waals surface area (Å²) in [6.45, 7) is 5.27. The molecular formula is C11H23N3OS. The van der Waals surface area contributed by atoms with Crippen LogP contribution in [-0.4, -0.2) is 74.0 Å². The highest BCUT2D eigenvalue weighted by molar-refractivity contribution is 7.98. The Bertz CT molecular complexity index is 205. The number of nitrogens with zero attached hydrogens (tertiary/aromatic N) is 2. The predicted molar refractivity (Wildman–Crippen MR) is 69.9 cm³/mol. The van der Waals surface area contributed by atoms with E-state index in [1.165, 1.54) is 0 Å². The third-order valence-electron chi connectivity index (χ3n) is 2.78. The molecule has 0 aromatic carbocycles. The third-order valence-corrected chi connectivity index (χ3v) is 3.37. The Morgan fingerprint density at radius 1 is 1.44 bits per heavy atom. The summed E-state index contributed by atoms with van der Waals surface area (Å²) in [5, 5.41) is 3.31. The van der Waals surface area contributed by atoms with Crippen molar-refractivity contribution in [2.24, 2.45) is 0 Å². The number of hydrogen-bond donors (Lipinski definition) is 1. The molecule has 16 heavy (non-hydrogen) atoms. The van der Waals surface area contributed by atoms with Crippen LogP contribution >= 0.6 is 11.8 Å². The highest BCUT2D eigenvalue weighted by Gasteiger charge is 2.16. The molecular weight excluding hydrogens is 222 g/mol. The second-order valence-corrected chi connectivity index (χ2v) is 5.20. The third kappa shape index (κ3) is 5.18. The van der Waals surface area contributed by atoms with Crippen LogP contribution in [0.2, 0.25) is 0 Å². The summed E-state index contributed by atoms with van der Waals surface area (Å²) in [6, 6.07) is 0. The van der Waals surface area contributed by atoms with Crippen molar-refractivity contribution in [1.29, 1.82) is 0 Å². The SMILES string of the molecule is CSCCN(C)CC(=O)N1CCCNCC1. The molecule has 1 N–H and O–H groups in total. The number of rotatable bonds is 5. The molecule has 94 valence electrons. The molecule has 0 aromatic rings. The van der Waals surface area contributed by atoms with E-state index in [1.807, 2.05) is 23.7 Å². The zero-order valence-corrected chi connectivity index (χ0v) is 11.2. The van der Waals surface area contributed by atoms with E-state index in [-0.39, 0.29) is 5.91 Å². The van der Waals surface area contributed by atoms with Crippen LogP contribution in [0.15, 0.2) is 0 Å². The van der Waals surface area contributed by atoms with Crippen LogP contribution < -0.4 is 5.32 Å². The predicted octanol–water partition coefficient (Wildman–Crippen LogP) is 0.103. The Morgan fingerprint density at radius 2 is 2.25 bits per heavy atom. The van der Waals surface area contributed by atoms with Gasteiger partial charge in [0.1, 0.15) is 0 Å². The van der Waals surface area contributed by atoms with E-state index in [1.54, 1.807) is 0 Å². The largest absolute Gasteiger partial charge is 0.340 e. The first-order valence-electron chi connectivity index (χ1n) is 5.90. The Balaban J connectivity index is 2.26. The summed E-state index contributed by atoms with van der Waals surface area (Å²) in [6.07, 6.45) is 3.16. The lowest BCUT2D eigenvalue weighted by molar-refractivity contribution is -0.131. The minimum Gasteiger partial charge on any atom is -0.340 e. The molecule has 1 aliphatic heterocycles. The fourth-order valence-electron chi connectivity index (χ4n) is 1.75. The normalized spacial score (nSPS) is 17.6. The standard InChI is InChI=1S/C11H23N3OS/c1-13(8-9-16-2)10-11(15)14-6-3-4-12-5-7-14/h12H,3-10H2,1-2H3. The van der Waals surface area contributed by atoms with Gasteiger partial charge in [0.15, 0.2) is 0 Å². The highest BCUT2D eigenvalue weighted by atomic mass is 32.2. The van der Waals surface area contributed by atoms with Gasteiger partial charge in [0.2, 0.25) is 5.91 Å². The molecule has 1 amide bonds. The van der Waals surface area contributed by atoms with Gasteiger partial charge in [0, 0.05) is 31.9 Å². The van der Waals surface area contributed by atoms with Crippen molar-refractivity contribution >= 4 is 17.7 Å². The van der Waals surface area contributed by atoms with E-state index in [0.717, 1.165) is 44.9 Å². The fraction of sp³-hybridized carbons (Fsp3) is 0.909. The first kappa shape index (κ1) is 13.8. The molecule has 0 radical (unpaired) electrons. The van der Waals surface area contributed by atoms with Crippen LogP contribution in [0.5, 0.6) is 0 Å². The maximum absolute atomic E-state index is 12.0. The summed E-state index contributed by atoms with van der Waals surface area (Å²) in [5.74, 6) is 1.36. The molecule has 0 aromatic heterocycles. The summed E-state index contributed by atoms with van der Waals surface area (Å²) >= 11 is 1.82. The second kappa shape index (κ2) is 7.92. The lowest BCUT2D eigenvalue weighted by atomic mass is 10.3. The van der Waals surface area contributed by atoms with Crippen LogP contribution in [0.25, 0.3) is 0 Å². The van der Waals surface area contributed by atoms with Crippen molar-refractivity contribution in [2.75, 3.05) is 58.3 Å². The van der Waals surface area contributed by atoms with Crippen molar-refractivity contribution in [3.63, 3.8) is 0 Å². The van der Waals surface area contributed by atoms with Crippen LogP contribution in [0.4, 0.5) is 0 Å². The van der Waals surface area contributed by atoms with Gasteiger partial charge in [-0.2, -0.15) is 11.8 Å². The van der Waals surface area contributed by atoms with Gasteiger partial charge in [-0.05, 0) is 26.3 Å². The van der Waals surface area contributed by atoms with Gasteiger partial charge in [-0.15, -0.1) is 0 Å². The zero-order valence-electron chi connectivity index (χ0n) is 10.4. The monoisotopic (exact) mass is 245 g/mol. The summed E-state index contributed by atoms with van der Waals surface area (Å²) < 4.78 is 0. The maximum Gasteiger partial charge on any atom is 0.236 e. The molecule has 1 rings (SSSR count). The summed E-state index contributed by atoms with van der Waals surface area (Å²) in [5.41, 5.74) is 0. The maximum atomic E-state index is 12.0. The average molecular weight is 245 g/mol. The van der Waals surface area contributed by atoms with Gasteiger partial charge in [-0.1, -0.05) is 0 Å². The first-order valence-corrected chi connectivity index (χ1v) is 7.29. The van der Waals surface area contributed by atoms with Crippen molar-refractivity contribution < 1.29 is 4.79 Å². The van der Waals surface area contributed by atoms with Crippen LogP contribution in [0.3, 0.4) is 0 Å². The molecule has 0 saturated carbocycles. The fourth-order valence-corrected chi connectivity index (χ4v) is 2.25. The van der Waals surface area contributed by atoms with Gasteiger partial charge in [-0.25, -0.2) is 0 Å². The van der Waals surface area contributed by atoms with Gasteiger partial charge in [-0.3, -0.25) is 9.69 Å². The Labute approximate surface area is 103 Å². The van der Waals surface area contributed by atoms with Crippen LogP contribution in [-0.2, 0) is 4.79 Å². The Hall–Kier alpha value is -0.260. The van der Waals surface area contributed by atoms with E-state index in [9.17, 15) is 4.79 Å². The van der Waals surface area contributed by atoms with Crippen molar-refractivity contribution in [2.45, 2.75) is 6.42 Å². The molecule has 0 spiro atoms. The molecule has 0 atom stereocenters. The molecule has 0 unspecified atom stereocenters. The van der Waals surface area contributed by atoms with E-state index in [4.69, 9.17) is 0 Å². The number of nitrogens with one attached hydrogen (secondary N) is 1. The molecule has 1 aliphatic rings. The zero-order chi connectivity index (χ0) is 11.8. The number of likely N-dealkylation sites (N-methyl/N-ethyl adjacent to an activating group) is 1. The quantitative estimate of drug-likeness (QED) is 0.745. The summed E-state index contributed by atoms with van der Waals surface area (Å²) in [7, 11) is 2.02. The number of thioether (sulfide) groups is 1. The molecule has 1 heterocycles. The molecule has 5 heteroatoms. The minimum atomic E-state index is 0.271. The highest BCUT2D eigenvalue weighted by Crippen LogP contribution is 1.99. The van der Waals surface area contributed by atoms with Crippen molar-refractivity contribution in [3.8, 4) is 0 Å². The number of hydrogen-bond acceptors (Lipinski definition) is 4. The second-order valence-electron chi connectivity index (χ2n) is 4.21. The molecule has 1 fully saturated rings. The van der Waals surface area contributed by atoms with Gasteiger partial charge < -0.3 is 10.2 Å². The molecule has 1 saturated heterocycles. The van der Waals surface area contributed by atoms with Gasteiger partial charge in [0.05, 0.1) is 6.54 Å². The van der Waals surface area contributed by atoms with E-state index in [0.29, 0.717) is 6.54 Å². The van der Waals surface area contributed by atoms with E-state index >= 15 is 0 Å². The van der Waals surface area contributed by atoms with Crippen molar-refractivity contribution in [1.82, 2.24) is 15.1 Å². The lowest BCUT2D eigenvalue weighted by Gasteiger charge is -2.23. The van der Waals surface area contributed by atoms with Gasteiger partial charge >= 0.3 is 0 Å². The molecule has 0 aliphatic carbocycles. The first-order chi connectivity index (χ1) is 7.74.